The number of H-pyrrole nitrogens is 1. The van der Waals surface area contributed by atoms with Gasteiger partial charge in [0, 0.05) is 54.7 Å². The average Bonchev–Trinajstić information content (AvgIpc) is 3.41. The minimum absolute atomic E-state index is 0.133. The van der Waals surface area contributed by atoms with E-state index in [2.05, 4.69) is 32.9 Å². The molecule has 0 spiro atoms. The third kappa shape index (κ3) is 3.44. The summed E-state index contributed by atoms with van der Waals surface area (Å²) in [4.78, 5) is 22.8. The largest absolute Gasteiger partial charge is 0.360 e. The Labute approximate surface area is 170 Å². The number of nitrogens with zero attached hydrogens (tertiary/aromatic N) is 3. The van der Waals surface area contributed by atoms with Gasteiger partial charge in [-0.2, -0.15) is 0 Å². The first-order valence-electron chi connectivity index (χ1n) is 10.2. The van der Waals surface area contributed by atoms with Crippen molar-refractivity contribution in [2.75, 3.05) is 13.1 Å². The number of hydrogen-bond acceptors (Lipinski definition) is 2. The van der Waals surface area contributed by atoms with Gasteiger partial charge in [-0.15, -0.1) is 0 Å². The number of likely N-dealkylation sites (tertiary alicyclic amines) is 1. The lowest BCUT2D eigenvalue weighted by Crippen LogP contribution is -2.39. The van der Waals surface area contributed by atoms with E-state index < -0.39 is 0 Å². The Balaban J connectivity index is 1.25. The summed E-state index contributed by atoms with van der Waals surface area (Å²) in [6, 6.07) is 18.3. The van der Waals surface area contributed by atoms with Crippen LogP contribution in [0.3, 0.4) is 0 Å². The minimum Gasteiger partial charge on any atom is -0.360 e. The van der Waals surface area contributed by atoms with E-state index in [0.717, 1.165) is 60.3 Å². The molecule has 1 aliphatic rings. The molecule has 0 radical (unpaired) electrons. The zero-order chi connectivity index (χ0) is 19.6. The first-order valence-corrected chi connectivity index (χ1v) is 10.2. The quantitative estimate of drug-likeness (QED) is 0.560. The molecule has 0 unspecified atom stereocenters. The lowest BCUT2D eigenvalue weighted by atomic mass is 9.96. The topological polar surface area (TPSA) is 53.9 Å². The van der Waals surface area contributed by atoms with E-state index in [4.69, 9.17) is 0 Å². The summed E-state index contributed by atoms with van der Waals surface area (Å²) in [6.07, 6.45) is 7.81. The monoisotopic (exact) mass is 384 g/mol. The summed E-state index contributed by atoms with van der Waals surface area (Å²) in [5.41, 5.74) is 2.93. The van der Waals surface area contributed by atoms with E-state index >= 15 is 0 Å². The van der Waals surface area contributed by atoms with Gasteiger partial charge in [-0.3, -0.25) is 4.79 Å². The number of fused-ring (bicyclic) bond motifs is 1. The Kier molecular flexibility index (Phi) is 4.64. The van der Waals surface area contributed by atoms with Gasteiger partial charge in [0.05, 0.1) is 5.56 Å². The van der Waals surface area contributed by atoms with Crippen LogP contribution in [-0.2, 0) is 6.54 Å². The van der Waals surface area contributed by atoms with E-state index in [1.807, 2.05) is 59.8 Å². The number of carbonyl (C=O) groups excluding carboxylic acids is 1. The smallest absolute Gasteiger partial charge is 0.256 e. The van der Waals surface area contributed by atoms with Gasteiger partial charge in [0.15, 0.2) is 0 Å². The minimum atomic E-state index is 0.133. The molecule has 0 aliphatic carbocycles. The molecule has 5 nitrogen and oxygen atoms in total. The summed E-state index contributed by atoms with van der Waals surface area (Å²) in [6.45, 7) is 2.55. The molecule has 1 aliphatic heterocycles. The number of nitrogens with one attached hydrogen (secondary N) is 1. The predicted molar refractivity (Wildman–Crippen MR) is 115 cm³/mol. The standard InChI is InChI=1S/C24H24N4O/c29-24(21-16-26-22-9-5-4-8-20(21)22)27-13-10-18(11-14-27)17-28-15-12-25-23(28)19-6-2-1-3-7-19/h1-9,12,15-16,18,26H,10-11,13-14,17H2. The van der Waals surface area contributed by atoms with Gasteiger partial charge in [0.2, 0.25) is 0 Å². The van der Waals surface area contributed by atoms with Crippen molar-refractivity contribution in [3.63, 3.8) is 0 Å². The van der Waals surface area contributed by atoms with E-state index in [1.54, 1.807) is 0 Å². The normalized spacial score (nSPS) is 15.1. The van der Waals surface area contributed by atoms with Crippen LogP contribution in [0.5, 0.6) is 0 Å². The highest BCUT2D eigenvalue weighted by Gasteiger charge is 2.25. The van der Waals surface area contributed by atoms with E-state index in [0.29, 0.717) is 5.92 Å². The Hall–Kier alpha value is -3.34. The Morgan fingerprint density at radius 3 is 2.62 bits per heavy atom. The first kappa shape index (κ1) is 17.7. The third-order valence-corrected chi connectivity index (χ3v) is 5.92. The molecule has 3 heterocycles. The highest BCUT2D eigenvalue weighted by Crippen LogP contribution is 2.26. The van der Waals surface area contributed by atoms with Crippen molar-refractivity contribution in [2.45, 2.75) is 19.4 Å². The third-order valence-electron chi connectivity index (χ3n) is 5.92. The SMILES string of the molecule is O=C(c1c[nH]c2ccccc12)N1CCC(Cn2ccnc2-c2ccccc2)CC1. The molecule has 1 N–H and O–H groups in total. The van der Waals surface area contributed by atoms with Crippen molar-refractivity contribution in [2.24, 2.45) is 5.92 Å². The summed E-state index contributed by atoms with van der Waals surface area (Å²) in [5, 5.41) is 1.01. The van der Waals surface area contributed by atoms with Gasteiger partial charge >= 0.3 is 0 Å². The van der Waals surface area contributed by atoms with Crippen LogP contribution in [0.25, 0.3) is 22.3 Å². The Bertz CT molecular complexity index is 1120. The van der Waals surface area contributed by atoms with E-state index in [-0.39, 0.29) is 5.91 Å². The van der Waals surface area contributed by atoms with Crippen LogP contribution < -0.4 is 0 Å². The van der Waals surface area contributed by atoms with Crippen molar-refractivity contribution in [1.29, 1.82) is 0 Å². The molecule has 2 aromatic heterocycles. The zero-order valence-electron chi connectivity index (χ0n) is 16.3. The van der Waals surface area contributed by atoms with Crippen LogP contribution in [0, 0.1) is 5.92 Å². The lowest BCUT2D eigenvalue weighted by Gasteiger charge is -2.32. The maximum Gasteiger partial charge on any atom is 0.256 e. The second-order valence-electron chi connectivity index (χ2n) is 7.75. The molecular weight excluding hydrogens is 360 g/mol. The summed E-state index contributed by atoms with van der Waals surface area (Å²) >= 11 is 0. The summed E-state index contributed by atoms with van der Waals surface area (Å²) < 4.78 is 2.25. The van der Waals surface area contributed by atoms with Gasteiger partial charge in [-0.1, -0.05) is 48.5 Å². The number of aromatic amines is 1. The Morgan fingerprint density at radius 1 is 1.03 bits per heavy atom. The van der Waals surface area contributed by atoms with Crippen molar-refractivity contribution in [1.82, 2.24) is 19.4 Å². The fraction of sp³-hybridized carbons (Fsp3) is 0.250. The van der Waals surface area contributed by atoms with Gasteiger partial charge in [0.25, 0.3) is 5.91 Å². The molecule has 5 heteroatoms. The number of piperidine rings is 1. The molecule has 0 saturated carbocycles. The predicted octanol–water partition coefficient (Wildman–Crippen LogP) is 4.58. The first-order chi connectivity index (χ1) is 14.3. The highest BCUT2D eigenvalue weighted by atomic mass is 16.2. The molecule has 1 fully saturated rings. The fourth-order valence-corrected chi connectivity index (χ4v) is 4.32. The highest BCUT2D eigenvalue weighted by molar-refractivity contribution is 6.06. The maximum absolute atomic E-state index is 13.0. The van der Waals surface area contributed by atoms with Gasteiger partial charge in [0.1, 0.15) is 5.82 Å². The van der Waals surface area contributed by atoms with Crippen LogP contribution in [0.1, 0.15) is 23.2 Å². The summed E-state index contributed by atoms with van der Waals surface area (Å²) in [5.74, 6) is 1.70. The lowest BCUT2D eigenvalue weighted by molar-refractivity contribution is 0.0685. The molecule has 0 atom stereocenters. The van der Waals surface area contributed by atoms with Crippen LogP contribution in [0.2, 0.25) is 0 Å². The molecule has 1 amide bonds. The second-order valence-corrected chi connectivity index (χ2v) is 7.75. The van der Waals surface area contributed by atoms with Crippen LogP contribution in [-0.4, -0.2) is 38.4 Å². The van der Waals surface area contributed by atoms with E-state index in [9.17, 15) is 4.79 Å². The number of imidazole rings is 1. The van der Waals surface area contributed by atoms with E-state index in [1.165, 1.54) is 0 Å². The molecule has 2 aromatic carbocycles. The number of benzene rings is 2. The summed E-state index contributed by atoms with van der Waals surface area (Å²) in [7, 11) is 0. The zero-order valence-corrected chi connectivity index (χ0v) is 16.3. The fourth-order valence-electron chi connectivity index (χ4n) is 4.32. The van der Waals surface area contributed by atoms with Crippen molar-refractivity contribution in [3.8, 4) is 11.4 Å². The van der Waals surface area contributed by atoms with Crippen LogP contribution in [0.15, 0.2) is 73.2 Å². The molecule has 0 bridgehead atoms. The number of aromatic nitrogens is 3. The molecule has 4 aromatic rings. The second kappa shape index (κ2) is 7.59. The van der Waals surface area contributed by atoms with Crippen molar-refractivity contribution >= 4 is 16.8 Å². The molecule has 146 valence electrons. The number of rotatable bonds is 4. The van der Waals surface area contributed by atoms with Crippen LogP contribution >= 0.6 is 0 Å². The number of para-hydroxylation sites is 1. The Morgan fingerprint density at radius 2 is 1.79 bits per heavy atom. The van der Waals surface area contributed by atoms with Gasteiger partial charge < -0.3 is 14.5 Å². The number of amides is 1. The maximum atomic E-state index is 13.0. The molecular formula is C24H24N4O. The van der Waals surface area contributed by atoms with Crippen molar-refractivity contribution in [3.05, 3.63) is 78.8 Å². The average molecular weight is 384 g/mol. The van der Waals surface area contributed by atoms with Gasteiger partial charge in [-0.25, -0.2) is 4.98 Å². The number of hydrogen-bond donors (Lipinski definition) is 1. The molecule has 5 rings (SSSR count). The molecule has 1 saturated heterocycles. The van der Waals surface area contributed by atoms with Crippen molar-refractivity contribution < 1.29 is 4.79 Å². The molecule has 29 heavy (non-hydrogen) atoms. The van der Waals surface area contributed by atoms with Gasteiger partial charge in [-0.05, 0) is 24.8 Å². The number of carbonyl (C=O) groups is 1. The van der Waals surface area contributed by atoms with Crippen LogP contribution in [0.4, 0.5) is 0 Å².